The van der Waals surface area contributed by atoms with Gasteiger partial charge in [0.2, 0.25) is 11.7 Å². The van der Waals surface area contributed by atoms with Crippen molar-refractivity contribution in [2.75, 3.05) is 13.1 Å². The van der Waals surface area contributed by atoms with Crippen molar-refractivity contribution in [2.45, 2.75) is 45.2 Å². The zero-order chi connectivity index (χ0) is 15.4. The predicted octanol–water partition coefficient (Wildman–Crippen LogP) is 2.03. The molecule has 1 aromatic rings. The Morgan fingerprint density at radius 2 is 1.90 bits per heavy atom. The Bertz CT molecular complexity index is 506. The summed E-state index contributed by atoms with van der Waals surface area (Å²) < 4.78 is 5.25. The Balaban J connectivity index is 1.92. The number of amides is 1. The van der Waals surface area contributed by atoms with Crippen molar-refractivity contribution in [2.24, 2.45) is 0 Å². The maximum atomic E-state index is 12.3. The summed E-state index contributed by atoms with van der Waals surface area (Å²) in [6.45, 7) is 5.32. The Morgan fingerprint density at radius 1 is 1.24 bits per heavy atom. The number of hydrogen-bond donors (Lipinski definition) is 2. The molecule has 2 N–H and O–H groups in total. The fourth-order valence-electron chi connectivity index (χ4n) is 2.62. The summed E-state index contributed by atoms with van der Waals surface area (Å²) in [6.07, 6.45) is 3.31. The molecule has 1 saturated heterocycles. The lowest BCUT2D eigenvalue weighted by Crippen LogP contribution is -2.47. The number of aromatic carboxylic acids is 1. The van der Waals surface area contributed by atoms with Crippen LogP contribution in [-0.4, -0.2) is 41.0 Å². The van der Waals surface area contributed by atoms with Crippen LogP contribution in [0.15, 0.2) is 16.5 Å². The van der Waals surface area contributed by atoms with Gasteiger partial charge in [0.25, 0.3) is 0 Å². The number of piperidine rings is 1. The summed E-state index contributed by atoms with van der Waals surface area (Å²) in [4.78, 5) is 25.0. The first-order valence-electron chi connectivity index (χ1n) is 7.37. The lowest BCUT2D eigenvalue weighted by molar-refractivity contribution is -0.134. The maximum absolute atomic E-state index is 12.3. The highest BCUT2D eigenvalue weighted by molar-refractivity contribution is 5.84. The SMILES string of the molecule is CC(NC(C)c1ccc(C(=O)O)o1)C(=O)N1CCCCC1. The van der Waals surface area contributed by atoms with E-state index in [0.29, 0.717) is 5.76 Å². The topological polar surface area (TPSA) is 82.8 Å². The van der Waals surface area contributed by atoms with Gasteiger partial charge in [0.05, 0.1) is 12.1 Å². The van der Waals surface area contributed by atoms with Gasteiger partial charge in [-0.05, 0) is 45.2 Å². The van der Waals surface area contributed by atoms with Gasteiger partial charge in [-0.15, -0.1) is 0 Å². The minimum absolute atomic E-state index is 0.0892. The van der Waals surface area contributed by atoms with Crippen LogP contribution >= 0.6 is 0 Å². The minimum Gasteiger partial charge on any atom is -0.475 e. The van der Waals surface area contributed by atoms with E-state index in [1.807, 2.05) is 18.7 Å². The smallest absolute Gasteiger partial charge is 0.371 e. The Kier molecular flexibility index (Phi) is 5.01. The van der Waals surface area contributed by atoms with E-state index >= 15 is 0 Å². The number of hydrogen-bond acceptors (Lipinski definition) is 4. The first-order chi connectivity index (χ1) is 9.99. The van der Waals surface area contributed by atoms with E-state index in [1.165, 1.54) is 12.5 Å². The molecule has 0 bridgehead atoms. The van der Waals surface area contributed by atoms with Gasteiger partial charge in [-0.2, -0.15) is 0 Å². The van der Waals surface area contributed by atoms with Crippen molar-refractivity contribution in [1.82, 2.24) is 10.2 Å². The summed E-state index contributed by atoms with van der Waals surface area (Å²) in [5.41, 5.74) is 0. The van der Waals surface area contributed by atoms with Gasteiger partial charge in [0, 0.05) is 13.1 Å². The second-order valence-electron chi connectivity index (χ2n) is 5.50. The van der Waals surface area contributed by atoms with Gasteiger partial charge >= 0.3 is 5.97 Å². The molecule has 2 atom stereocenters. The molecule has 0 radical (unpaired) electrons. The van der Waals surface area contributed by atoms with E-state index in [-0.39, 0.29) is 23.8 Å². The summed E-state index contributed by atoms with van der Waals surface area (Å²) in [5.74, 6) is -0.572. The molecule has 2 rings (SSSR count). The number of furan rings is 1. The van der Waals surface area contributed by atoms with Crippen LogP contribution in [0.5, 0.6) is 0 Å². The quantitative estimate of drug-likeness (QED) is 0.868. The van der Waals surface area contributed by atoms with Crippen molar-refractivity contribution < 1.29 is 19.1 Å². The first kappa shape index (κ1) is 15.6. The van der Waals surface area contributed by atoms with Crippen LogP contribution in [0.25, 0.3) is 0 Å². The summed E-state index contributed by atoms with van der Waals surface area (Å²) in [6, 6.07) is 2.50. The molecule has 0 aromatic carbocycles. The van der Waals surface area contributed by atoms with Crippen LogP contribution in [0.4, 0.5) is 0 Å². The van der Waals surface area contributed by atoms with E-state index < -0.39 is 5.97 Å². The number of rotatable bonds is 5. The highest BCUT2D eigenvalue weighted by atomic mass is 16.4. The monoisotopic (exact) mass is 294 g/mol. The largest absolute Gasteiger partial charge is 0.475 e. The Labute approximate surface area is 124 Å². The molecule has 1 aliphatic rings. The fourth-order valence-corrected chi connectivity index (χ4v) is 2.62. The molecule has 6 nitrogen and oxygen atoms in total. The number of carboxylic acid groups (broad SMARTS) is 1. The number of carbonyl (C=O) groups is 2. The molecule has 21 heavy (non-hydrogen) atoms. The van der Waals surface area contributed by atoms with Crippen LogP contribution in [0, 0.1) is 0 Å². The number of carboxylic acids is 1. The molecule has 0 aliphatic carbocycles. The second-order valence-corrected chi connectivity index (χ2v) is 5.50. The average Bonchev–Trinajstić information content (AvgIpc) is 2.97. The van der Waals surface area contributed by atoms with E-state index in [0.717, 1.165) is 25.9 Å². The lowest BCUT2D eigenvalue weighted by atomic mass is 10.1. The summed E-state index contributed by atoms with van der Waals surface area (Å²) >= 11 is 0. The highest BCUT2D eigenvalue weighted by Gasteiger charge is 2.24. The third-order valence-electron chi connectivity index (χ3n) is 3.80. The van der Waals surface area contributed by atoms with Crippen molar-refractivity contribution in [3.8, 4) is 0 Å². The van der Waals surface area contributed by atoms with Crippen LogP contribution < -0.4 is 5.32 Å². The zero-order valence-corrected chi connectivity index (χ0v) is 12.5. The van der Waals surface area contributed by atoms with Gasteiger partial charge < -0.3 is 14.4 Å². The Morgan fingerprint density at radius 3 is 2.48 bits per heavy atom. The summed E-state index contributed by atoms with van der Waals surface area (Å²) in [5, 5.41) is 12.0. The molecule has 2 heterocycles. The van der Waals surface area contributed by atoms with Crippen molar-refractivity contribution in [1.29, 1.82) is 0 Å². The standard InChI is InChI=1S/C15H22N2O4/c1-10(12-6-7-13(21-12)15(19)20)16-11(2)14(18)17-8-4-3-5-9-17/h6-7,10-11,16H,3-5,8-9H2,1-2H3,(H,19,20). The van der Waals surface area contributed by atoms with Crippen LogP contribution in [0.3, 0.4) is 0 Å². The van der Waals surface area contributed by atoms with Crippen molar-refractivity contribution >= 4 is 11.9 Å². The summed E-state index contributed by atoms with van der Waals surface area (Å²) in [7, 11) is 0. The second kappa shape index (κ2) is 6.76. The molecule has 0 spiro atoms. The third-order valence-corrected chi connectivity index (χ3v) is 3.80. The van der Waals surface area contributed by atoms with Gasteiger partial charge in [0.15, 0.2) is 0 Å². The zero-order valence-electron chi connectivity index (χ0n) is 12.5. The normalized spacial score (nSPS) is 18.3. The lowest BCUT2D eigenvalue weighted by Gasteiger charge is -2.30. The number of nitrogens with one attached hydrogen (secondary N) is 1. The average molecular weight is 294 g/mol. The minimum atomic E-state index is -1.09. The predicted molar refractivity (Wildman–Crippen MR) is 77.1 cm³/mol. The van der Waals surface area contributed by atoms with E-state index in [2.05, 4.69) is 5.32 Å². The molecule has 1 amide bonds. The number of carbonyl (C=O) groups excluding carboxylic acids is 1. The Hall–Kier alpha value is -1.82. The molecule has 6 heteroatoms. The molecule has 1 aromatic heterocycles. The third kappa shape index (κ3) is 3.85. The van der Waals surface area contributed by atoms with E-state index in [1.54, 1.807) is 6.07 Å². The molecule has 1 aliphatic heterocycles. The van der Waals surface area contributed by atoms with Crippen LogP contribution in [-0.2, 0) is 4.79 Å². The molecular formula is C15H22N2O4. The maximum Gasteiger partial charge on any atom is 0.371 e. The van der Waals surface area contributed by atoms with Gasteiger partial charge in [-0.25, -0.2) is 4.79 Å². The van der Waals surface area contributed by atoms with Crippen LogP contribution in [0.1, 0.15) is 55.5 Å². The van der Waals surface area contributed by atoms with Gasteiger partial charge in [0.1, 0.15) is 5.76 Å². The molecule has 1 fully saturated rings. The number of nitrogens with zero attached hydrogens (tertiary/aromatic N) is 1. The number of likely N-dealkylation sites (tertiary alicyclic amines) is 1. The first-order valence-corrected chi connectivity index (χ1v) is 7.37. The highest BCUT2D eigenvalue weighted by Crippen LogP contribution is 2.18. The van der Waals surface area contributed by atoms with Gasteiger partial charge in [-0.3, -0.25) is 10.1 Å². The van der Waals surface area contributed by atoms with Gasteiger partial charge in [-0.1, -0.05) is 0 Å². The fraction of sp³-hybridized carbons (Fsp3) is 0.600. The molecule has 2 unspecified atom stereocenters. The van der Waals surface area contributed by atoms with Crippen molar-refractivity contribution in [3.63, 3.8) is 0 Å². The van der Waals surface area contributed by atoms with E-state index in [9.17, 15) is 9.59 Å². The van der Waals surface area contributed by atoms with Crippen LogP contribution in [0.2, 0.25) is 0 Å². The molecule has 116 valence electrons. The molecule has 0 saturated carbocycles. The van der Waals surface area contributed by atoms with Crippen molar-refractivity contribution in [3.05, 3.63) is 23.7 Å². The molecular weight excluding hydrogens is 272 g/mol. The van der Waals surface area contributed by atoms with E-state index in [4.69, 9.17) is 9.52 Å².